The van der Waals surface area contributed by atoms with Crippen molar-refractivity contribution < 1.29 is 14.3 Å². The molecule has 6 nitrogen and oxygen atoms in total. The van der Waals surface area contributed by atoms with E-state index in [2.05, 4.69) is 52.5 Å². The second-order valence-electron chi connectivity index (χ2n) is 9.56. The molecule has 1 atom stereocenters. The molecule has 1 aromatic heterocycles. The van der Waals surface area contributed by atoms with Crippen molar-refractivity contribution in [3.05, 3.63) is 83.7 Å². The Labute approximate surface area is 194 Å². The van der Waals surface area contributed by atoms with Crippen LogP contribution in [0, 0.1) is 0 Å². The van der Waals surface area contributed by atoms with E-state index in [9.17, 15) is 4.79 Å². The smallest absolute Gasteiger partial charge is 0.253 e. The van der Waals surface area contributed by atoms with Crippen LogP contribution in [0.3, 0.4) is 0 Å². The molecule has 6 rings (SSSR count). The van der Waals surface area contributed by atoms with Gasteiger partial charge in [0, 0.05) is 38.4 Å². The molecule has 1 unspecified atom stereocenters. The Kier molecular flexibility index (Phi) is 4.82. The van der Waals surface area contributed by atoms with Gasteiger partial charge in [0.25, 0.3) is 5.91 Å². The highest BCUT2D eigenvalue weighted by Gasteiger charge is 2.54. The first-order chi connectivity index (χ1) is 16.1. The monoisotopic (exact) mass is 443 g/mol. The van der Waals surface area contributed by atoms with Crippen molar-refractivity contribution in [1.29, 1.82) is 0 Å². The Balaban J connectivity index is 1.17. The Bertz CT molecular complexity index is 1180. The number of methoxy groups -OCH3 is 1. The summed E-state index contributed by atoms with van der Waals surface area (Å²) in [6.07, 6.45) is 4.76. The molecule has 0 bridgehead atoms. The predicted octanol–water partition coefficient (Wildman–Crippen LogP) is 4.34. The maximum atomic E-state index is 13.1. The number of hydrogen-bond donors (Lipinski definition) is 1. The molecule has 3 aromatic rings. The molecule has 0 saturated carbocycles. The van der Waals surface area contributed by atoms with Gasteiger partial charge in [0.2, 0.25) is 0 Å². The van der Waals surface area contributed by atoms with Crippen molar-refractivity contribution in [3.8, 4) is 5.69 Å². The molecule has 2 saturated heterocycles. The summed E-state index contributed by atoms with van der Waals surface area (Å²) in [4.78, 5) is 15.0. The summed E-state index contributed by atoms with van der Waals surface area (Å²) in [5.74, 6) is 0.0973. The molecule has 0 radical (unpaired) electrons. The number of fused-ring (bicyclic) bond motifs is 4. The number of nitrogens with zero attached hydrogens (tertiary/aromatic N) is 2. The zero-order valence-electron chi connectivity index (χ0n) is 18.9. The number of para-hydroxylation sites is 2. The number of piperidine rings is 1. The number of likely N-dealkylation sites (tertiary alicyclic amines) is 1. The summed E-state index contributed by atoms with van der Waals surface area (Å²) < 4.78 is 14.0. The van der Waals surface area contributed by atoms with E-state index in [1.54, 1.807) is 7.11 Å². The first-order valence-corrected chi connectivity index (χ1v) is 11.7. The molecule has 2 spiro atoms. The van der Waals surface area contributed by atoms with E-state index in [1.165, 1.54) is 11.4 Å². The zero-order valence-corrected chi connectivity index (χ0v) is 18.9. The number of carbonyl (C=O) groups excluding carboxylic acids is 1. The van der Waals surface area contributed by atoms with E-state index in [-0.39, 0.29) is 17.0 Å². The van der Waals surface area contributed by atoms with E-state index in [0.29, 0.717) is 26.3 Å². The lowest BCUT2D eigenvalue weighted by molar-refractivity contribution is -0.0392. The fourth-order valence-corrected chi connectivity index (χ4v) is 5.80. The highest BCUT2D eigenvalue weighted by molar-refractivity contribution is 5.94. The van der Waals surface area contributed by atoms with Gasteiger partial charge in [-0.05, 0) is 54.8 Å². The van der Waals surface area contributed by atoms with Gasteiger partial charge in [0.15, 0.2) is 0 Å². The molecule has 6 heteroatoms. The van der Waals surface area contributed by atoms with Gasteiger partial charge in [-0.1, -0.05) is 24.3 Å². The van der Waals surface area contributed by atoms with Crippen LogP contribution in [0.15, 0.2) is 66.9 Å². The lowest BCUT2D eigenvalue weighted by atomic mass is 9.79. The van der Waals surface area contributed by atoms with E-state index < -0.39 is 0 Å². The largest absolute Gasteiger partial charge is 0.380 e. The highest BCUT2D eigenvalue weighted by Crippen LogP contribution is 2.50. The van der Waals surface area contributed by atoms with E-state index in [4.69, 9.17) is 9.47 Å². The van der Waals surface area contributed by atoms with Crippen molar-refractivity contribution in [2.24, 2.45) is 0 Å². The SMILES string of the molecule is COCc1ccc(C(=O)N2CCC3(CC2)CC2(CO3)Nc3ccccc3-n3cccc32)cc1. The van der Waals surface area contributed by atoms with Crippen molar-refractivity contribution in [2.75, 3.05) is 32.1 Å². The van der Waals surface area contributed by atoms with Gasteiger partial charge in [0.1, 0.15) is 5.54 Å². The standard InChI is InChI=1S/C27H29N3O3/c1-32-17-20-8-10-21(11-9-20)25(31)29-15-12-26(13-16-29)18-27(19-33-26)24-7-4-14-30(24)23-6-3-2-5-22(23)28-27/h2-11,14,28H,12-13,15-19H2,1H3. The second kappa shape index (κ2) is 7.75. The molecule has 1 amide bonds. The Hall–Kier alpha value is -3.09. The van der Waals surface area contributed by atoms with Crippen LogP contribution >= 0.6 is 0 Å². The molecule has 3 aliphatic heterocycles. The lowest BCUT2D eigenvalue weighted by Crippen LogP contribution is -2.48. The maximum absolute atomic E-state index is 13.1. The predicted molar refractivity (Wildman–Crippen MR) is 127 cm³/mol. The molecule has 33 heavy (non-hydrogen) atoms. The molecule has 170 valence electrons. The van der Waals surface area contributed by atoms with Crippen LogP contribution < -0.4 is 5.32 Å². The van der Waals surface area contributed by atoms with Gasteiger partial charge in [-0.2, -0.15) is 0 Å². The average Bonchev–Trinajstić information content (AvgIpc) is 3.47. The van der Waals surface area contributed by atoms with Crippen molar-refractivity contribution >= 4 is 11.6 Å². The molecule has 1 N–H and O–H groups in total. The molecule has 2 fully saturated rings. The van der Waals surface area contributed by atoms with Crippen LogP contribution in [0.4, 0.5) is 5.69 Å². The van der Waals surface area contributed by atoms with Crippen LogP contribution in [0.25, 0.3) is 5.69 Å². The molecule has 4 heterocycles. The average molecular weight is 444 g/mol. The summed E-state index contributed by atoms with van der Waals surface area (Å²) in [6.45, 7) is 2.63. The molecular formula is C27H29N3O3. The number of nitrogens with one attached hydrogen (secondary N) is 1. The van der Waals surface area contributed by atoms with Crippen molar-refractivity contribution in [1.82, 2.24) is 9.47 Å². The third-order valence-electron chi connectivity index (χ3n) is 7.50. The van der Waals surface area contributed by atoms with Gasteiger partial charge in [0.05, 0.1) is 35.9 Å². The number of carbonyl (C=O) groups is 1. The van der Waals surface area contributed by atoms with Crippen LogP contribution in [-0.2, 0) is 21.6 Å². The third kappa shape index (κ3) is 3.36. The van der Waals surface area contributed by atoms with Crippen LogP contribution in [0.1, 0.15) is 40.9 Å². The summed E-state index contributed by atoms with van der Waals surface area (Å²) in [6, 6.07) is 20.5. The van der Waals surface area contributed by atoms with Gasteiger partial charge < -0.3 is 24.3 Å². The van der Waals surface area contributed by atoms with E-state index in [0.717, 1.165) is 36.1 Å². The summed E-state index contributed by atoms with van der Waals surface area (Å²) in [7, 11) is 1.68. The zero-order chi connectivity index (χ0) is 22.5. The first-order valence-electron chi connectivity index (χ1n) is 11.7. The Morgan fingerprint density at radius 1 is 1.06 bits per heavy atom. The number of rotatable bonds is 3. The highest BCUT2D eigenvalue weighted by atomic mass is 16.5. The lowest BCUT2D eigenvalue weighted by Gasteiger charge is -2.41. The quantitative estimate of drug-likeness (QED) is 0.654. The van der Waals surface area contributed by atoms with Gasteiger partial charge >= 0.3 is 0 Å². The number of hydrogen-bond acceptors (Lipinski definition) is 4. The van der Waals surface area contributed by atoms with E-state index >= 15 is 0 Å². The van der Waals surface area contributed by atoms with E-state index in [1.807, 2.05) is 29.2 Å². The normalized spacial score (nSPS) is 22.8. The van der Waals surface area contributed by atoms with Crippen LogP contribution in [0.2, 0.25) is 0 Å². The molecule has 0 aliphatic carbocycles. The Morgan fingerprint density at radius 2 is 1.85 bits per heavy atom. The fraction of sp³-hybridized carbons (Fsp3) is 0.370. The molecule has 2 aromatic carbocycles. The summed E-state index contributed by atoms with van der Waals surface area (Å²) in [5.41, 5.74) is 4.95. The number of ether oxygens (including phenoxy) is 2. The van der Waals surface area contributed by atoms with Gasteiger partial charge in [-0.3, -0.25) is 4.79 Å². The summed E-state index contributed by atoms with van der Waals surface area (Å²) >= 11 is 0. The minimum absolute atomic E-state index is 0.0973. The maximum Gasteiger partial charge on any atom is 0.253 e. The Morgan fingerprint density at radius 3 is 2.64 bits per heavy atom. The molecule has 3 aliphatic rings. The topological polar surface area (TPSA) is 55.7 Å². The first kappa shape index (κ1) is 20.5. The van der Waals surface area contributed by atoms with Crippen LogP contribution in [0.5, 0.6) is 0 Å². The van der Waals surface area contributed by atoms with Crippen LogP contribution in [-0.4, -0.2) is 47.8 Å². The number of benzene rings is 2. The minimum Gasteiger partial charge on any atom is -0.380 e. The van der Waals surface area contributed by atoms with Crippen molar-refractivity contribution in [3.63, 3.8) is 0 Å². The van der Waals surface area contributed by atoms with Crippen molar-refractivity contribution in [2.45, 2.75) is 37.0 Å². The fourth-order valence-electron chi connectivity index (χ4n) is 5.80. The molecular weight excluding hydrogens is 414 g/mol. The number of aromatic nitrogens is 1. The number of amides is 1. The number of anilines is 1. The third-order valence-corrected chi connectivity index (χ3v) is 7.50. The van der Waals surface area contributed by atoms with Gasteiger partial charge in [-0.25, -0.2) is 0 Å². The minimum atomic E-state index is -0.235. The van der Waals surface area contributed by atoms with Gasteiger partial charge in [-0.15, -0.1) is 0 Å². The summed E-state index contributed by atoms with van der Waals surface area (Å²) in [5, 5.41) is 3.83. The second-order valence-corrected chi connectivity index (χ2v) is 9.56.